The Kier molecular flexibility index (Phi) is 60.3. The molecule has 0 bridgehead atoms. The van der Waals surface area contributed by atoms with Crippen molar-refractivity contribution >= 4 is 39.5 Å². The lowest BCUT2D eigenvalue weighted by atomic mass is 9.99. The first-order valence-corrected chi connectivity index (χ1v) is 40.3. The van der Waals surface area contributed by atoms with Gasteiger partial charge in [-0.15, -0.1) is 0 Å². The van der Waals surface area contributed by atoms with Crippen LogP contribution in [-0.4, -0.2) is 96.7 Å². The third-order valence-corrected chi connectivity index (χ3v) is 19.2. The van der Waals surface area contributed by atoms with E-state index in [9.17, 15) is 43.2 Å². The third kappa shape index (κ3) is 63.9. The maximum Gasteiger partial charge on any atom is 0.472 e. The standard InChI is InChI=1S/C72H140O17P2/c1-9-64(7)50-42-34-25-21-17-13-11-12-14-18-22-26-36-44-52-69(74)82-58-67(88-71(76)54-46-38-27-23-19-15-16-20-24-32-40-48-62(3)4)60-86-90(78,79)84-56-66(73)57-85-91(80,81)87-61-68(89-72(77)55-47-39-30-28-33-41-49-63(5)6)59-83-70(75)53-45-37-31-29-35-43-51-65(8)10-2/h62-68,73H,9-61H2,1-8H3,(H,78,79)(H,80,81)/t64?,65?,66-,67-,68-/m1/s1. The molecule has 0 saturated heterocycles. The van der Waals surface area contributed by atoms with Crippen molar-refractivity contribution in [3.63, 3.8) is 0 Å². The van der Waals surface area contributed by atoms with E-state index in [0.717, 1.165) is 114 Å². The van der Waals surface area contributed by atoms with E-state index < -0.39 is 97.5 Å². The average Bonchev–Trinajstić information content (AvgIpc) is 3.65. The van der Waals surface area contributed by atoms with Gasteiger partial charge in [0.15, 0.2) is 12.2 Å². The zero-order chi connectivity index (χ0) is 67.5. The van der Waals surface area contributed by atoms with Crippen LogP contribution in [-0.2, 0) is 65.4 Å². The highest BCUT2D eigenvalue weighted by molar-refractivity contribution is 7.47. The van der Waals surface area contributed by atoms with Crippen LogP contribution in [0.5, 0.6) is 0 Å². The number of phosphoric ester groups is 2. The quantitative estimate of drug-likeness (QED) is 0.0222. The summed E-state index contributed by atoms with van der Waals surface area (Å²) in [7, 11) is -9.90. The highest BCUT2D eigenvalue weighted by Crippen LogP contribution is 2.45. The molecule has 0 heterocycles. The SMILES string of the molecule is CCC(C)CCCCCCCCCCCCCCCCC(=O)OC[C@H](COP(=O)(O)OC[C@@H](O)COP(=O)(O)OC[C@@H](COC(=O)CCCCCCCCC(C)CC)OC(=O)CCCCCCCCC(C)C)OC(=O)CCCCCCCCCCCCCC(C)C. The Labute approximate surface area is 556 Å². The van der Waals surface area contributed by atoms with Crippen molar-refractivity contribution in [1.82, 2.24) is 0 Å². The number of carbonyl (C=O) groups excluding carboxylic acids is 4. The zero-order valence-corrected chi connectivity index (χ0v) is 61.3. The summed E-state index contributed by atoms with van der Waals surface area (Å²) in [5.41, 5.74) is 0. The van der Waals surface area contributed by atoms with Gasteiger partial charge in [0.2, 0.25) is 0 Å². The summed E-state index contributed by atoms with van der Waals surface area (Å²) in [6.45, 7) is 14.1. The molecular weight excluding hydrogens is 1200 g/mol. The number of phosphoric acid groups is 2. The topological polar surface area (TPSA) is 237 Å². The van der Waals surface area contributed by atoms with Crippen LogP contribution in [0.25, 0.3) is 0 Å². The van der Waals surface area contributed by atoms with Gasteiger partial charge in [-0.05, 0) is 49.4 Å². The molecule has 540 valence electrons. The number of carbonyl (C=O) groups is 4. The fourth-order valence-corrected chi connectivity index (χ4v) is 12.4. The van der Waals surface area contributed by atoms with E-state index in [1.807, 2.05) is 0 Å². The Bertz CT molecular complexity index is 1800. The lowest BCUT2D eigenvalue weighted by Gasteiger charge is -2.21. The second-order valence-corrected chi connectivity index (χ2v) is 30.3. The molecule has 0 aromatic heterocycles. The van der Waals surface area contributed by atoms with Crippen LogP contribution in [0.1, 0.15) is 357 Å². The highest BCUT2D eigenvalue weighted by atomic mass is 31.2. The molecule has 0 aromatic rings. The van der Waals surface area contributed by atoms with Crippen molar-refractivity contribution in [2.45, 2.75) is 375 Å². The molecule has 7 atom stereocenters. The number of rotatable bonds is 69. The Balaban J connectivity index is 5.22. The van der Waals surface area contributed by atoms with Gasteiger partial charge in [0.25, 0.3) is 0 Å². The number of aliphatic hydroxyl groups excluding tert-OH is 1. The van der Waals surface area contributed by atoms with Crippen molar-refractivity contribution < 1.29 is 80.2 Å². The minimum absolute atomic E-state index is 0.101. The molecule has 3 N–H and O–H groups in total. The molecule has 0 aliphatic rings. The van der Waals surface area contributed by atoms with Gasteiger partial charge in [0.1, 0.15) is 19.3 Å². The van der Waals surface area contributed by atoms with Crippen molar-refractivity contribution in [1.29, 1.82) is 0 Å². The van der Waals surface area contributed by atoms with E-state index in [1.54, 1.807) is 0 Å². The largest absolute Gasteiger partial charge is 0.472 e. The molecule has 0 saturated carbocycles. The van der Waals surface area contributed by atoms with Crippen LogP contribution in [0.15, 0.2) is 0 Å². The van der Waals surface area contributed by atoms with E-state index in [4.69, 9.17) is 37.0 Å². The second-order valence-electron chi connectivity index (χ2n) is 27.4. The fourth-order valence-electron chi connectivity index (χ4n) is 10.8. The van der Waals surface area contributed by atoms with Crippen LogP contribution in [0.3, 0.4) is 0 Å². The van der Waals surface area contributed by atoms with Gasteiger partial charge in [0, 0.05) is 25.7 Å². The minimum Gasteiger partial charge on any atom is -0.462 e. The fraction of sp³-hybridized carbons (Fsp3) is 0.944. The molecule has 19 heteroatoms. The van der Waals surface area contributed by atoms with E-state index >= 15 is 0 Å². The zero-order valence-electron chi connectivity index (χ0n) is 59.5. The molecule has 0 aromatic carbocycles. The molecule has 17 nitrogen and oxygen atoms in total. The number of hydrogen-bond donors (Lipinski definition) is 3. The maximum absolute atomic E-state index is 13.0. The lowest BCUT2D eigenvalue weighted by Crippen LogP contribution is -2.30. The average molecular weight is 1340 g/mol. The monoisotopic (exact) mass is 1340 g/mol. The second kappa shape index (κ2) is 61.6. The first-order valence-electron chi connectivity index (χ1n) is 37.3. The Hall–Kier alpha value is -1.94. The normalized spacial score (nSPS) is 14.8. The predicted octanol–water partition coefficient (Wildman–Crippen LogP) is 20.5. The molecule has 0 radical (unpaired) electrons. The van der Waals surface area contributed by atoms with Gasteiger partial charge in [-0.2, -0.15) is 0 Å². The lowest BCUT2D eigenvalue weighted by molar-refractivity contribution is -0.161. The van der Waals surface area contributed by atoms with Gasteiger partial charge in [-0.25, -0.2) is 9.13 Å². The van der Waals surface area contributed by atoms with Crippen LogP contribution in [0, 0.1) is 23.7 Å². The molecule has 0 amide bonds. The van der Waals surface area contributed by atoms with E-state index in [0.29, 0.717) is 31.6 Å². The minimum atomic E-state index is -4.95. The van der Waals surface area contributed by atoms with Gasteiger partial charge in [0.05, 0.1) is 26.4 Å². The molecule has 0 spiro atoms. The molecule has 0 fully saturated rings. The van der Waals surface area contributed by atoms with Gasteiger partial charge < -0.3 is 33.8 Å². The number of hydrogen-bond acceptors (Lipinski definition) is 15. The van der Waals surface area contributed by atoms with E-state index in [-0.39, 0.29) is 25.7 Å². The highest BCUT2D eigenvalue weighted by Gasteiger charge is 2.30. The van der Waals surface area contributed by atoms with Crippen molar-refractivity contribution in [2.24, 2.45) is 23.7 Å². The summed E-state index contributed by atoms with van der Waals surface area (Å²) in [5, 5.41) is 10.6. The molecule has 0 aliphatic heterocycles. The summed E-state index contributed by atoms with van der Waals surface area (Å²) in [6, 6.07) is 0. The summed E-state index contributed by atoms with van der Waals surface area (Å²) < 4.78 is 68.3. The molecule has 91 heavy (non-hydrogen) atoms. The van der Waals surface area contributed by atoms with Crippen LogP contribution >= 0.6 is 15.6 Å². The van der Waals surface area contributed by atoms with Gasteiger partial charge in [-0.1, -0.05) is 306 Å². The number of unbranched alkanes of at least 4 members (excludes halogenated alkanes) is 33. The maximum atomic E-state index is 13.0. The Morgan fingerprint density at radius 1 is 0.308 bits per heavy atom. The van der Waals surface area contributed by atoms with Crippen LogP contribution in [0.2, 0.25) is 0 Å². The Morgan fingerprint density at radius 3 is 0.780 bits per heavy atom. The van der Waals surface area contributed by atoms with Crippen LogP contribution < -0.4 is 0 Å². The van der Waals surface area contributed by atoms with E-state index in [2.05, 4.69) is 55.4 Å². The third-order valence-electron chi connectivity index (χ3n) is 17.3. The molecule has 4 unspecified atom stereocenters. The molecular formula is C72H140O17P2. The summed E-state index contributed by atoms with van der Waals surface area (Å²) in [5.74, 6) is 0.884. The van der Waals surface area contributed by atoms with E-state index in [1.165, 1.54) is 154 Å². The summed E-state index contributed by atoms with van der Waals surface area (Å²) in [4.78, 5) is 72.6. The van der Waals surface area contributed by atoms with Crippen LogP contribution in [0.4, 0.5) is 0 Å². The van der Waals surface area contributed by atoms with Crippen molar-refractivity contribution in [2.75, 3.05) is 39.6 Å². The van der Waals surface area contributed by atoms with Gasteiger partial charge in [-0.3, -0.25) is 37.3 Å². The number of aliphatic hydroxyl groups is 1. The number of esters is 4. The van der Waals surface area contributed by atoms with Crippen molar-refractivity contribution in [3.05, 3.63) is 0 Å². The number of ether oxygens (including phenoxy) is 4. The molecule has 0 aliphatic carbocycles. The van der Waals surface area contributed by atoms with Gasteiger partial charge >= 0.3 is 39.5 Å². The molecule has 0 rings (SSSR count). The first-order chi connectivity index (χ1) is 43.7. The Morgan fingerprint density at radius 2 is 0.527 bits per heavy atom. The predicted molar refractivity (Wildman–Crippen MR) is 367 cm³/mol. The smallest absolute Gasteiger partial charge is 0.462 e. The summed E-state index contributed by atoms with van der Waals surface area (Å²) >= 11 is 0. The van der Waals surface area contributed by atoms with Crippen molar-refractivity contribution in [3.8, 4) is 0 Å². The summed E-state index contributed by atoms with van der Waals surface area (Å²) in [6.07, 6.45) is 44.6. The first kappa shape index (κ1) is 89.1.